The van der Waals surface area contributed by atoms with Gasteiger partial charge in [0.1, 0.15) is 11.8 Å². The van der Waals surface area contributed by atoms with Gasteiger partial charge >= 0.3 is 0 Å². The molecule has 0 spiro atoms. The van der Waals surface area contributed by atoms with Crippen LogP contribution in [0.2, 0.25) is 0 Å². The summed E-state index contributed by atoms with van der Waals surface area (Å²) >= 11 is 0. The molecule has 2 atom stereocenters. The van der Waals surface area contributed by atoms with E-state index >= 15 is 0 Å². The molecule has 2 N–H and O–H groups in total. The van der Waals surface area contributed by atoms with E-state index in [0.29, 0.717) is 5.56 Å². The number of ether oxygens (including phenoxy) is 1. The molecule has 0 aliphatic heterocycles. The maximum Gasteiger partial charge on any atom is 0.252 e. The van der Waals surface area contributed by atoms with Crippen molar-refractivity contribution >= 4 is 11.8 Å². The highest BCUT2D eigenvalue weighted by Crippen LogP contribution is 2.21. The van der Waals surface area contributed by atoms with Crippen molar-refractivity contribution < 1.29 is 14.3 Å². The number of hydrogen-bond acceptors (Lipinski definition) is 3. The van der Waals surface area contributed by atoms with Crippen LogP contribution < -0.4 is 15.4 Å². The van der Waals surface area contributed by atoms with Crippen LogP contribution in [-0.4, -0.2) is 25.0 Å². The summed E-state index contributed by atoms with van der Waals surface area (Å²) in [5.41, 5.74) is 2.47. The van der Waals surface area contributed by atoms with Gasteiger partial charge in [-0.2, -0.15) is 0 Å². The zero-order valence-electron chi connectivity index (χ0n) is 17.3. The first kappa shape index (κ1) is 21.5. The molecule has 5 nitrogen and oxygen atoms in total. The Morgan fingerprint density at radius 3 is 2.18 bits per heavy atom. The van der Waals surface area contributed by atoms with Gasteiger partial charge < -0.3 is 15.4 Å². The summed E-state index contributed by atoms with van der Waals surface area (Å²) in [6.45, 7) is 7.76. The van der Waals surface area contributed by atoms with Crippen LogP contribution in [0.4, 0.5) is 0 Å². The lowest BCUT2D eigenvalue weighted by molar-refractivity contribution is -0.124. The first-order chi connectivity index (χ1) is 13.4. The highest BCUT2D eigenvalue weighted by molar-refractivity contribution is 5.98. The standard InChI is InChI=1S/C23H30N2O3/c1-6-20(17-11-13-18(28-5)14-12-17)24-23(27)21(15(2)3)25-22(26)19-10-8-7-9-16(19)4/h7-15,20-21H,6H2,1-5H3,(H,24,27)(H,25,26)/t20?,21-/m0/s1. The van der Waals surface area contributed by atoms with Crippen LogP contribution in [0.1, 0.15) is 54.7 Å². The predicted octanol–water partition coefficient (Wildman–Crippen LogP) is 4.03. The third-order valence-electron chi connectivity index (χ3n) is 4.87. The second-order valence-corrected chi connectivity index (χ2v) is 7.25. The number of nitrogens with one attached hydrogen (secondary N) is 2. The summed E-state index contributed by atoms with van der Waals surface area (Å²) in [4.78, 5) is 25.6. The molecule has 0 bridgehead atoms. The molecule has 5 heteroatoms. The molecule has 2 aromatic rings. The second kappa shape index (κ2) is 9.93. The lowest BCUT2D eigenvalue weighted by atomic mass is 9.99. The fourth-order valence-electron chi connectivity index (χ4n) is 3.10. The van der Waals surface area contributed by atoms with Crippen LogP contribution in [-0.2, 0) is 4.79 Å². The average Bonchev–Trinajstić information content (AvgIpc) is 2.70. The minimum Gasteiger partial charge on any atom is -0.497 e. The van der Waals surface area contributed by atoms with E-state index in [-0.39, 0.29) is 23.8 Å². The Morgan fingerprint density at radius 1 is 1.00 bits per heavy atom. The molecule has 0 saturated carbocycles. The van der Waals surface area contributed by atoms with E-state index in [1.807, 2.05) is 70.2 Å². The van der Waals surface area contributed by atoms with E-state index < -0.39 is 6.04 Å². The van der Waals surface area contributed by atoms with Crippen LogP contribution >= 0.6 is 0 Å². The van der Waals surface area contributed by atoms with Crippen molar-refractivity contribution in [3.05, 3.63) is 65.2 Å². The molecule has 0 aliphatic carbocycles. The number of amides is 2. The van der Waals surface area contributed by atoms with Crippen molar-refractivity contribution in [2.45, 2.75) is 46.2 Å². The number of aryl methyl sites for hydroxylation is 1. The average molecular weight is 383 g/mol. The predicted molar refractivity (Wildman–Crippen MR) is 111 cm³/mol. The monoisotopic (exact) mass is 382 g/mol. The van der Waals surface area contributed by atoms with Gasteiger partial charge in [-0.25, -0.2) is 0 Å². The topological polar surface area (TPSA) is 67.4 Å². The summed E-state index contributed by atoms with van der Waals surface area (Å²) in [5.74, 6) is 0.320. The third-order valence-corrected chi connectivity index (χ3v) is 4.87. The second-order valence-electron chi connectivity index (χ2n) is 7.25. The summed E-state index contributed by atoms with van der Waals surface area (Å²) < 4.78 is 5.19. The zero-order valence-corrected chi connectivity index (χ0v) is 17.3. The molecule has 1 unspecified atom stereocenters. The number of hydrogen-bond donors (Lipinski definition) is 2. The lowest BCUT2D eigenvalue weighted by Crippen LogP contribution is -2.50. The van der Waals surface area contributed by atoms with Gasteiger partial charge in [-0.15, -0.1) is 0 Å². The van der Waals surface area contributed by atoms with Crippen molar-refractivity contribution in [2.24, 2.45) is 5.92 Å². The SMILES string of the molecule is CCC(NC(=O)[C@@H](NC(=O)c1ccccc1C)C(C)C)c1ccc(OC)cc1. The Balaban J connectivity index is 2.12. The van der Waals surface area contributed by atoms with Crippen LogP contribution in [0.5, 0.6) is 5.75 Å². The minimum absolute atomic E-state index is 0.0404. The molecule has 0 aliphatic rings. The molecule has 2 rings (SSSR count). The van der Waals surface area contributed by atoms with Gasteiger partial charge in [0.2, 0.25) is 5.91 Å². The highest BCUT2D eigenvalue weighted by atomic mass is 16.5. The van der Waals surface area contributed by atoms with Gasteiger partial charge in [0.05, 0.1) is 13.2 Å². The van der Waals surface area contributed by atoms with Crippen molar-refractivity contribution in [1.82, 2.24) is 10.6 Å². The number of carbonyl (C=O) groups excluding carboxylic acids is 2. The van der Waals surface area contributed by atoms with Gasteiger partial charge in [0.25, 0.3) is 5.91 Å². The molecule has 0 saturated heterocycles. The molecule has 0 heterocycles. The fraction of sp³-hybridized carbons (Fsp3) is 0.391. The third kappa shape index (κ3) is 5.35. The van der Waals surface area contributed by atoms with Crippen molar-refractivity contribution in [1.29, 1.82) is 0 Å². The summed E-state index contributed by atoms with van der Waals surface area (Å²) in [6, 6.07) is 14.3. The molecule has 28 heavy (non-hydrogen) atoms. The minimum atomic E-state index is -0.612. The molecule has 0 fully saturated rings. The lowest BCUT2D eigenvalue weighted by Gasteiger charge is -2.25. The van der Waals surface area contributed by atoms with Gasteiger partial charge in [-0.3, -0.25) is 9.59 Å². The normalized spacial score (nSPS) is 12.9. The Labute approximate surface area is 167 Å². The molecular weight excluding hydrogens is 352 g/mol. The zero-order chi connectivity index (χ0) is 20.7. The smallest absolute Gasteiger partial charge is 0.252 e. The largest absolute Gasteiger partial charge is 0.497 e. The van der Waals surface area contributed by atoms with E-state index in [1.54, 1.807) is 13.2 Å². The molecule has 2 aromatic carbocycles. The van der Waals surface area contributed by atoms with Gasteiger partial charge in [0.15, 0.2) is 0 Å². The van der Waals surface area contributed by atoms with E-state index in [0.717, 1.165) is 23.3 Å². The number of methoxy groups -OCH3 is 1. The van der Waals surface area contributed by atoms with Crippen LogP contribution in [0.25, 0.3) is 0 Å². The fourth-order valence-corrected chi connectivity index (χ4v) is 3.10. The maximum atomic E-state index is 13.0. The van der Waals surface area contributed by atoms with Gasteiger partial charge in [-0.1, -0.05) is 51.1 Å². The summed E-state index contributed by atoms with van der Waals surface area (Å²) in [5, 5.41) is 5.98. The number of benzene rings is 2. The maximum absolute atomic E-state index is 13.0. The van der Waals surface area contributed by atoms with E-state index in [2.05, 4.69) is 10.6 Å². The van der Waals surface area contributed by atoms with Crippen molar-refractivity contribution in [3.63, 3.8) is 0 Å². The summed E-state index contributed by atoms with van der Waals surface area (Å²) in [6.07, 6.45) is 0.745. The van der Waals surface area contributed by atoms with Crippen molar-refractivity contribution in [2.75, 3.05) is 7.11 Å². The molecular formula is C23H30N2O3. The van der Waals surface area contributed by atoms with E-state index in [4.69, 9.17) is 4.74 Å². The summed E-state index contributed by atoms with van der Waals surface area (Å²) in [7, 11) is 1.62. The molecule has 2 amide bonds. The molecule has 0 radical (unpaired) electrons. The Kier molecular flexibility index (Phi) is 7.61. The Bertz CT molecular complexity index is 800. The van der Waals surface area contributed by atoms with Crippen LogP contribution in [0.15, 0.2) is 48.5 Å². The Morgan fingerprint density at radius 2 is 1.64 bits per heavy atom. The number of rotatable bonds is 8. The Hall–Kier alpha value is -2.82. The van der Waals surface area contributed by atoms with Crippen LogP contribution in [0.3, 0.4) is 0 Å². The van der Waals surface area contributed by atoms with Gasteiger partial charge in [-0.05, 0) is 48.6 Å². The van der Waals surface area contributed by atoms with E-state index in [9.17, 15) is 9.59 Å². The molecule has 0 aromatic heterocycles. The quantitative estimate of drug-likeness (QED) is 0.724. The molecule has 150 valence electrons. The number of carbonyl (C=O) groups is 2. The highest BCUT2D eigenvalue weighted by Gasteiger charge is 2.27. The first-order valence-corrected chi connectivity index (χ1v) is 9.68. The van der Waals surface area contributed by atoms with Crippen molar-refractivity contribution in [3.8, 4) is 5.75 Å². The van der Waals surface area contributed by atoms with Gasteiger partial charge in [0, 0.05) is 5.56 Å². The first-order valence-electron chi connectivity index (χ1n) is 9.68. The van der Waals surface area contributed by atoms with Crippen LogP contribution in [0, 0.1) is 12.8 Å². The van der Waals surface area contributed by atoms with E-state index in [1.165, 1.54) is 0 Å².